The molecule has 2 atom stereocenters. The van der Waals surface area contributed by atoms with Gasteiger partial charge in [0.15, 0.2) is 5.78 Å². The van der Waals surface area contributed by atoms with Crippen LogP contribution in [0.4, 0.5) is 0 Å². The molecule has 0 bridgehead atoms. The highest BCUT2D eigenvalue weighted by Gasteiger charge is 2.13. The van der Waals surface area contributed by atoms with Crippen LogP contribution in [-0.2, 0) is 9.32 Å². The quantitative estimate of drug-likeness (QED) is 0.395. The molecule has 13 heavy (non-hydrogen) atoms. The van der Waals surface area contributed by atoms with E-state index in [0.717, 1.165) is 0 Å². The highest BCUT2D eigenvalue weighted by atomic mass is 31.1. The maximum Gasteiger partial charge on any atom is 0.159 e. The fraction of sp³-hybridized carbons (Fsp3) is 0.625. The van der Waals surface area contributed by atoms with Crippen LogP contribution in [0.5, 0.6) is 0 Å². The molecule has 0 saturated carbocycles. The number of Topliss-reactive ketones (excluding diaryl/α,β-unsaturated/α-hetero) is 1. The maximum atomic E-state index is 11.0. The number of aliphatic hydroxyl groups excluding tert-OH is 1. The van der Waals surface area contributed by atoms with Crippen LogP contribution in [0.2, 0.25) is 0 Å². The van der Waals surface area contributed by atoms with E-state index in [2.05, 4.69) is 0 Å². The molecule has 0 aromatic heterocycles. The van der Waals surface area contributed by atoms with Gasteiger partial charge < -0.3 is 9.63 Å². The van der Waals surface area contributed by atoms with Gasteiger partial charge in [-0.1, -0.05) is 12.2 Å². The number of aliphatic hydroxyl groups is 1. The van der Waals surface area contributed by atoms with Gasteiger partial charge in [-0.25, -0.2) is 0 Å². The lowest BCUT2D eigenvalue weighted by atomic mass is 10.2. The first-order chi connectivity index (χ1) is 6.07. The van der Waals surface area contributed by atoms with E-state index in [1.54, 1.807) is 18.8 Å². The summed E-state index contributed by atoms with van der Waals surface area (Å²) in [5, 5.41) is 8.47. The number of carbonyl (C=O) groups excluding carboxylic acids is 1. The molecule has 0 aliphatic carbocycles. The first-order valence-electron chi connectivity index (χ1n) is 3.99. The van der Waals surface area contributed by atoms with Crippen molar-refractivity contribution in [1.29, 1.82) is 0 Å². The number of ketones is 1. The van der Waals surface area contributed by atoms with Crippen molar-refractivity contribution in [2.24, 2.45) is 0 Å². The molecule has 1 N–H and O–H groups in total. The van der Waals surface area contributed by atoms with E-state index in [1.807, 2.05) is 0 Å². The van der Waals surface area contributed by atoms with Gasteiger partial charge in [0.2, 0.25) is 0 Å². The fourth-order valence-corrected chi connectivity index (χ4v) is 1.41. The van der Waals surface area contributed by atoms with Gasteiger partial charge >= 0.3 is 0 Å². The minimum Gasteiger partial charge on any atom is -0.392 e. The van der Waals surface area contributed by atoms with Crippen LogP contribution in [0, 0.1) is 0 Å². The highest BCUT2D eigenvalue weighted by molar-refractivity contribution is 7.77. The SMILES string of the molecule is [B]P(C)OC(C/C=C/CO)C(C)=O. The molecule has 0 amide bonds. The Morgan fingerprint density at radius 3 is 2.69 bits per heavy atom. The van der Waals surface area contributed by atoms with Crippen LogP contribution in [0.3, 0.4) is 0 Å². The summed E-state index contributed by atoms with van der Waals surface area (Å²) < 4.78 is 5.22. The van der Waals surface area contributed by atoms with Crippen molar-refractivity contribution in [3.8, 4) is 0 Å². The second kappa shape index (κ2) is 7.25. The van der Waals surface area contributed by atoms with Crippen LogP contribution in [0.25, 0.3) is 0 Å². The molecule has 0 aromatic rings. The Morgan fingerprint density at radius 2 is 2.31 bits per heavy atom. The molecule has 0 rings (SSSR count). The van der Waals surface area contributed by atoms with Crippen LogP contribution < -0.4 is 0 Å². The van der Waals surface area contributed by atoms with Crippen LogP contribution in [0.1, 0.15) is 13.3 Å². The van der Waals surface area contributed by atoms with E-state index in [4.69, 9.17) is 17.2 Å². The average Bonchev–Trinajstić information content (AvgIpc) is 2.02. The molecule has 0 aromatic carbocycles. The summed E-state index contributed by atoms with van der Waals surface area (Å²) in [5.74, 6) is -0.0395. The third kappa shape index (κ3) is 6.94. The molecule has 0 saturated heterocycles. The first kappa shape index (κ1) is 12.8. The fourth-order valence-electron chi connectivity index (χ4n) is 0.778. The normalized spacial score (nSPS) is 15.9. The van der Waals surface area contributed by atoms with E-state index in [9.17, 15) is 4.79 Å². The molecule has 72 valence electrons. The molecule has 0 heterocycles. The van der Waals surface area contributed by atoms with Crippen LogP contribution >= 0.6 is 8.03 Å². The molecule has 2 unspecified atom stereocenters. The predicted octanol–water partition coefficient (Wildman–Crippen LogP) is 1.01. The number of hydrogen-bond acceptors (Lipinski definition) is 3. The van der Waals surface area contributed by atoms with Gasteiger partial charge in [0.25, 0.3) is 0 Å². The molecule has 0 aliphatic heterocycles. The van der Waals surface area contributed by atoms with Gasteiger partial charge in [0, 0.05) is 0 Å². The smallest absolute Gasteiger partial charge is 0.159 e. The Kier molecular flexibility index (Phi) is 7.15. The molecular weight excluding hydrogens is 186 g/mol. The molecule has 5 heteroatoms. The van der Waals surface area contributed by atoms with E-state index in [-0.39, 0.29) is 12.4 Å². The highest BCUT2D eigenvalue weighted by Crippen LogP contribution is 2.28. The third-order valence-corrected chi connectivity index (χ3v) is 1.96. The Balaban J connectivity index is 3.95. The van der Waals surface area contributed by atoms with Crippen molar-refractivity contribution >= 4 is 21.4 Å². The van der Waals surface area contributed by atoms with Crippen LogP contribution in [-0.4, -0.2) is 37.8 Å². The van der Waals surface area contributed by atoms with Crippen molar-refractivity contribution < 1.29 is 14.4 Å². The molecule has 0 aliphatic rings. The molecule has 0 fully saturated rings. The Morgan fingerprint density at radius 1 is 1.69 bits per heavy atom. The number of rotatable bonds is 6. The standard InChI is InChI=1S/C8H14BO3P/c1-7(11)8(12-13(2)9)5-3-4-6-10/h3-4,8,10H,5-6H2,1-2H3/b4-3+. The predicted molar refractivity (Wildman–Crippen MR) is 55.0 cm³/mol. The van der Waals surface area contributed by atoms with Gasteiger partial charge in [-0.2, -0.15) is 0 Å². The lowest BCUT2D eigenvalue weighted by Crippen LogP contribution is -2.18. The zero-order valence-corrected chi connectivity index (χ0v) is 8.83. The number of hydrogen-bond donors (Lipinski definition) is 1. The average molecular weight is 200 g/mol. The van der Waals surface area contributed by atoms with Gasteiger partial charge in [-0.15, -0.1) is 0 Å². The van der Waals surface area contributed by atoms with E-state index in [1.165, 1.54) is 6.92 Å². The first-order valence-corrected chi connectivity index (χ1v) is 5.77. The van der Waals surface area contributed by atoms with Gasteiger partial charge in [-0.3, -0.25) is 4.79 Å². The molecule has 2 radical (unpaired) electrons. The summed E-state index contributed by atoms with van der Waals surface area (Å²) in [6, 6.07) is 0. The van der Waals surface area contributed by atoms with Crippen molar-refractivity contribution in [1.82, 2.24) is 0 Å². The largest absolute Gasteiger partial charge is 0.392 e. The Bertz CT molecular complexity index is 182. The topological polar surface area (TPSA) is 46.5 Å². The second-order valence-corrected chi connectivity index (χ2v) is 3.94. The Hall–Kier alpha value is -0.175. The monoisotopic (exact) mass is 200 g/mol. The van der Waals surface area contributed by atoms with Crippen molar-refractivity contribution in [2.45, 2.75) is 19.4 Å². The Labute approximate surface area is 81.4 Å². The lowest BCUT2D eigenvalue weighted by molar-refractivity contribution is -0.123. The molecule has 0 spiro atoms. The van der Waals surface area contributed by atoms with Gasteiger partial charge in [0.05, 0.1) is 6.61 Å². The van der Waals surface area contributed by atoms with Gasteiger partial charge in [-0.05, 0) is 28.0 Å². The summed E-state index contributed by atoms with van der Waals surface area (Å²) in [6.07, 6.45) is 3.29. The van der Waals surface area contributed by atoms with Crippen LogP contribution in [0.15, 0.2) is 12.2 Å². The second-order valence-electron chi connectivity index (χ2n) is 2.64. The summed E-state index contributed by atoms with van der Waals surface area (Å²) >= 11 is 0. The maximum absolute atomic E-state index is 11.0. The summed E-state index contributed by atoms with van der Waals surface area (Å²) in [4.78, 5) is 11.0. The summed E-state index contributed by atoms with van der Waals surface area (Å²) in [6.45, 7) is 3.19. The molecule has 3 nitrogen and oxygen atoms in total. The van der Waals surface area contributed by atoms with E-state index >= 15 is 0 Å². The molecular formula is C8H14BO3P. The zero-order chi connectivity index (χ0) is 10.3. The van der Waals surface area contributed by atoms with Gasteiger partial charge in [0.1, 0.15) is 13.7 Å². The van der Waals surface area contributed by atoms with E-state index in [0.29, 0.717) is 6.42 Å². The summed E-state index contributed by atoms with van der Waals surface area (Å²) in [5.41, 5.74) is 0. The van der Waals surface area contributed by atoms with Crippen molar-refractivity contribution in [3.63, 3.8) is 0 Å². The minimum absolute atomic E-state index is 0.0197. The number of carbonyl (C=O) groups is 1. The summed E-state index contributed by atoms with van der Waals surface area (Å²) in [7, 11) is 4.44. The lowest BCUT2D eigenvalue weighted by Gasteiger charge is -2.16. The zero-order valence-electron chi connectivity index (χ0n) is 7.93. The minimum atomic E-state index is -1.01. The van der Waals surface area contributed by atoms with Crippen molar-refractivity contribution in [2.75, 3.05) is 13.3 Å². The van der Waals surface area contributed by atoms with E-state index < -0.39 is 14.1 Å². The van der Waals surface area contributed by atoms with Crippen molar-refractivity contribution in [3.05, 3.63) is 12.2 Å². The third-order valence-electron chi connectivity index (χ3n) is 1.37.